The molecule has 1 atom stereocenters. The minimum atomic E-state index is -0.635. The van der Waals surface area contributed by atoms with Gasteiger partial charge in [-0.25, -0.2) is 0 Å². The van der Waals surface area contributed by atoms with E-state index in [9.17, 15) is 9.90 Å². The van der Waals surface area contributed by atoms with E-state index in [0.717, 1.165) is 6.54 Å². The zero-order chi connectivity index (χ0) is 9.40. The summed E-state index contributed by atoms with van der Waals surface area (Å²) >= 11 is 0. The Morgan fingerprint density at radius 1 is 1.58 bits per heavy atom. The van der Waals surface area contributed by atoms with Crippen LogP contribution < -0.4 is 5.32 Å². The Labute approximate surface area is 72.9 Å². The molecule has 0 amide bonds. The number of hydrogen-bond donors (Lipinski definition) is 2. The molecule has 0 aromatic rings. The van der Waals surface area contributed by atoms with Crippen LogP contribution in [0.2, 0.25) is 0 Å². The third-order valence-corrected chi connectivity index (χ3v) is 1.34. The Hall–Kier alpha value is -0.610. The number of carbonyl (C=O) groups is 1. The number of esters is 1. The lowest BCUT2D eigenvalue weighted by atomic mass is 10.2. The average molecular weight is 175 g/mol. The van der Waals surface area contributed by atoms with Gasteiger partial charge in [-0.2, -0.15) is 0 Å². The molecular weight excluding hydrogens is 158 g/mol. The Bertz CT molecular complexity index is 127. The Kier molecular flexibility index (Phi) is 6.70. The molecule has 4 nitrogen and oxygen atoms in total. The minimum Gasteiger partial charge on any atom is -0.466 e. The highest BCUT2D eigenvalue weighted by molar-refractivity contribution is 5.69. The molecule has 0 radical (unpaired) electrons. The van der Waals surface area contributed by atoms with Crippen molar-refractivity contribution in [1.29, 1.82) is 0 Å². The van der Waals surface area contributed by atoms with E-state index in [0.29, 0.717) is 13.2 Å². The molecule has 1 unspecified atom stereocenters. The fourth-order valence-electron chi connectivity index (χ4n) is 0.795. The summed E-state index contributed by atoms with van der Waals surface area (Å²) in [4.78, 5) is 10.8. The van der Waals surface area contributed by atoms with Crippen LogP contribution in [0.25, 0.3) is 0 Å². The molecule has 0 aliphatic heterocycles. The van der Waals surface area contributed by atoms with E-state index >= 15 is 0 Å². The molecule has 0 saturated carbocycles. The van der Waals surface area contributed by atoms with Crippen LogP contribution in [0.3, 0.4) is 0 Å². The van der Waals surface area contributed by atoms with Crippen molar-refractivity contribution in [1.82, 2.24) is 5.32 Å². The van der Waals surface area contributed by atoms with Crippen molar-refractivity contribution in [2.75, 3.05) is 19.7 Å². The van der Waals surface area contributed by atoms with Gasteiger partial charge in [-0.05, 0) is 13.5 Å². The molecule has 0 saturated heterocycles. The molecule has 4 heteroatoms. The van der Waals surface area contributed by atoms with Crippen molar-refractivity contribution in [3.05, 3.63) is 0 Å². The third-order valence-electron chi connectivity index (χ3n) is 1.34. The summed E-state index contributed by atoms with van der Waals surface area (Å²) in [5, 5.41) is 12.2. The first-order chi connectivity index (χ1) is 5.70. The van der Waals surface area contributed by atoms with Crippen LogP contribution in [0.5, 0.6) is 0 Å². The maximum atomic E-state index is 10.8. The summed E-state index contributed by atoms with van der Waals surface area (Å²) in [7, 11) is 0. The van der Waals surface area contributed by atoms with Gasteiger partial charge >= 0.3 is 5.97 Å². The standard InChI is InChI=1S/C8H17NO3/c1-3-9-6-7(10)5-8(11)12-4-2/h7,9-10H,3-6H2,1-2H3. The van der Waals surface area contributed by atoms with Crippen molar-refractivity contribution in [3.8, 4) is 0 Å². The van der Waals surface area contributed by atoms with Crippen molar-refractivity contribution in [3.63, 3.8) is 0 Å². The maximum Gasteiger partial charge on any atom is 0.308 e. The normalized spacial score (nSPS) is 12.6. The van der Waals surface area contributed by atoms with Gasteiger partial charge in [0.2, 0.25) is 0 Å². The number of likely N-dealkylation sites (N-methyl/N-ethyl adjacent to an activating group) is 1. The van der Waals surface area contributed by atoms with E-state index in [-0.39, 0.29) is 12.4 Å². The fraction of sp³-hybridized carbons (Fsp3) is 0.875. The summed E-state index contributed by atoms with van der Waals surface area (Å²) in [6, 6.07) is 0. The van der Waals surface area contributed by atoms with Crippen LogP contribution in [0, 0.1) is 0 Å². The number of aliphatic hydroxyl groups excluding tert-OH is 1. The summed E-state index contributed by atoms with van der Waals surface area (Å²) in [5.41, 5.74) is 0. The zero-order valence-corrected chi connectivity index (χ0v) is 7.67. The molecule has 0 rings (SSSR count). The van der Waals surface area contributed by atoms with E-state index in [1.807, 2.05) is 6.92 Å². The van der Waals surface area contributed by atoms with Gasteiger partial charge in [0.25, 0.3) is 0 Å². The number of ether oxygens (including phenoxy) is 1. The van der Waals surface area contributed by atoms with E-state index in [4.69, 9.17) is 0 Å². The van der Waals surface area contributed by atoms with Gasteiger partial charge < -0.3 is 15.2 Å². The van der Waals surface area contributed by atoms with Crippen LogP contribution in [0.15, 0.2) is 0 Å². The summed E-state index contributed by atoms with van der Waals surface area (Å²) < 4.78 is 4.67. The lowest BCUT2D eigenvalue weighted by molar-refractivity contribution is -0.145. The number of carbonyl (C=O) groups excluding carboxylic acids is 1. The second-order valence-electron chi connectivity index (χ2n) is 2.47. The average Bonchev–Trinajstić information content (AvgIpc) is 2.01. The van der Waals surface area contributed by atoms with Crippen molar-refractivity contribution in [2.45, 2.75) is 26.4 Å². The summed E-state index contributed by atoms with van der Waals surface area (Å²) in [5.74, 6) is -0.345. The molecular formula is C8H17NO3. The van der Waals surface area contributed by atoms with Gasteiger partial charge in [0, 0.05) is 6.54 Å². The van der Waals surface area contributed by atoms with E-state index < -0.39 is 6.10 Å². The predicted octanol–water partition coefficient (Wildman–Crippen LogP) is -0.0900. The summed E-state index contributed by atoms with van der Waals surface area (Å²) in [6.45, 7) is 5.29. The van der Waals surface area contributed by atoms with Crippen LogP contribution in [-0.2, 0) is 9.53 Å². The van der Waals surface area contributed by atoms with E-state index in [1.165, 1.54) is 0 Å². The molecule has 0 aromatic heterocycles. The maximum absolute atomic E-state index is 10.8. The van der Waals surface area contributed by atoms with Gasteiger partial charge in [0.1, 0.15) is 0 Å². The zero-order valence-electron chi connectivity index (χ0n) is 7.67. The summed E-state index contributed by atoms with van der Waals surface area (Å²) in [6.07, 6.45) is -0.565. The molecule has 12 heavy (non-hydrogen) atoms. The van der Waals surface area contributed by atoms with Gasteiger partial charge in [-0.3, -0.25) is 4.79 Å². The molecule has 0 aromatic carbocycles. The first kappa shape index (κ1) is 11.4. The van der Waals surface area contributed by atoms with Crippen molar-refractivity contribution in [2.24, 2.45) is 0 Å². The van der Waals surface area contributed by atoms with E-state index in [1.54, 1.807) is 6.92 Å². The number of aliphatic hydroxyl groups is 1. The quantitative estimate of drug-likeness (QED) is 0.554. The second-order valence-corrected chi connectivity index (χ2v) is 2.47. The Morgan fingerprint density at radius 3 is 2.75 bits per heavy atom. The largest absolute Gasteiger partial charge is 0.466 e. The second kappa shape index (κ2) is 7.06. The fourth-order valence-corrected chi connectivity index (χ4v) is 0.795. The van der Waals surface area contributed by atoms with Crippen LogP contribution in [0.4, 0.5) is 0 Å². The first-order valence-corrected chi connectivity index (χ1v) is 4.25. The monoisotopic (exact) mass is 175 g/mol. The lowest BCUT2D eigenvalue weighted by Gasteiger charge is -2.09. The van der Waals surface area contributed by atoms with Gasteiger partial charge in [0.15, 0.2) is 0 Å². The number of nitrogens with one attached hydrogen (secondary N) is 1. The first-order valence-electron chi connectivity index (χ1n) is 4.25. The molecule has 72 valence electrons. The smallest absolute Gasteiger partial charge is 0.308 e. The number of rotatable bonds is 6. The van der Waals surface area contributed by atoms with Gasteiger partial charge in [-0.15, -0.1) is 0 Å². The molecule has 2 N–H and O–H groups in total. The molecule has 0 fully saturated rings. The topological polar surface area (TPSA) is 58.6 Å². The highest BCUT2D eigenvalue weighted by Crippen LogP contribution is 1.92. The highest BCUT2D eigenvalue weighted by atomic mass is 16.5. The van der Waals surface area contributed by atoms with Crippen molar-refractivity contribution >= 4 is 5.97 Å². The molecule has 0 bridgehead atoms. The van der Waals surface area contributed by atoms with Crippen molar-refractivity contribution < 1.29 is 14.6 Å². The third kappa shape index (κ3) is 6.12. The number of hydrogen-bond acceptors (Lipinski definition) is 4. The lowest BCUT2D eigenvalue weighted by Crippen LogP contribution is -2.29. The Morgan fingerprint density at radius 2 is 2.25 bits per heavy atom. The Balaban J connectivity index is 3.40. The van der Waals surface area contributed by atoms with Gasteiger partial charge in [0.05, 0.1) is 19.1 Å². The van der Waals surface area contributed by atoms with Gasteiger partial charge in [-0.1, -0.05) is 6.92 Å². The van der Waals surface area contributed by atoms with Crippen LogP contribution in [-0.4, -0.2) is 36.9 Å². The van der Waals surface area contributed by atoms with Crippen LogP contribution >= 0.6 is 0 Å². The SMILES string of the molecule is CCNCC(O)CC(=O)OCC. The molecule has 0 aliphatic carbocycles. The highest BCUT2D eigenvalue weighted by Gasteiger charge is 2.09. The van der Waals surface area contributed by atoms with E-state index in [2.05, 4.69) is 10.1 Å². The molecule has 0 heterocycles. The molecule has 0 spiro atoms. The predicted molar refractivity (Wildman–Crippen MR) is 45.8 cm³/mol. The van der Waals surface area contributed by atoms with Crippen LogP contribution in [0.1, 0.15) is 20.3 Å². The minimum absolute atomic E-state index is 0.0703. The molecule has 0 aliphatic rings.